The molecule has 0 saturated carbocycles. The van der Waals surface area contributed by atoms with E-state index < -0.39 is 4.92 Å². The Hall–Kier alpha value is -2.15. The molecule has 0 aliphatic carbocycles. The van der Waals surface area contributed by atoms with Gasteiger partial charge in [-0.2, -0.15) is 0 Å². The molecule has 0 saturated heterocycles. The lowest BCUT2D eigenvalue weighted by atomic mass is 10.1. The lowest BCUT2D eigenvalue weighted by molar-refractivity contribution is -0.384. The Kier molecular flexibility index (Phi) is 6.97. The normalized spacial score (nSPS) is 14.7. The molecule has 0 radical (unpaired) electrons. The van der Waals surface area contributed by atoms with Gasteiger partial charge in [0.2, 0.25) is 0 Å². The number of non-ortho nitro benzene ring substituents is 1. The highest BCUT2D eigenvalue weighted by Crippen LogP contribution is 2.38. The highest BCUT2D eigenvalue weighted by atomic mass is 32.2. The third kappa shape index (κ3) is 4.52. The van der Waals surface area contributed by atoms with E-state index in [4.69, 9.17) is 0 Å². The van der Waals surface area contributed by atoms with Gasteiger partial charge in [0.1, 0.15) is 0 Å². The minimum Gasteiger partial charge on any atom is -0.274 e. The van der Waals surface area contributed by atoms with E-state index in [1.807, 2.05) is 13.8 Å². The number of carbonyl (C=O) groups excluding carboxylic acids is 2. The number of nitro groups is 1. The summed E-state index contributed by atoms with van der Waals surface area (Å²) in [6.07, 6.45) is 3.93. The number of imide groups is 1. The summed E-state index contributed by atoms with van der Waals surface area (Å²) in [5, 5.41) is 11.0. The van der Waals surface area contributed by atoms with Gasteiger partial charge in [-0.05, 0) is 24.1 Å². The summed E-state index contributed by atoms with van der Waals surface area (Å²) in [4.78, 5) is 37.8. The van der Waals surface area contributed by atoms with Crippen LogP contribution in [0.4, 0.5) is 5.69 Å². The Bertz CT molecular complexity index is 726. The van der Waals surface area contributed by atoms with E-state index in [2.05, 4.69) is 6.92 Å². The lowest BCUT2D eigenvalue weighted by Crippen LogP contribution is -2.32. The fourth-order valence-corrected chi connectivity index (χ4v) is 3.81. The topological polar surface area (TPSA) is 80.5 Å². The van der Waals surface area contributed by atoms with Gasteiger partial charge in [-0.3, -0.25) is 24.6 Å². The first-order valence-corrected chi connectivity index (χ1v) is 9.76. The van der Waals surface area contributed by atoms with Crippen molar-refractivity contribution >= 4 is 34.8 Å². The van der Waals surface area contributed by atoms with Crippen LogP contribution in [0.2, 0.25) is 0 Å². The van der Waals surface area contributed by atoms with Crippen molar-refractivity contribution < 1.29 is 14.5 Å². The molecule has 2 rings (SSSR count). The molecule has 1 aliphatic heterocycles. The summed E-state index contributed by atoms with van der Waals surface area (Å²) in [5.41, 5.74) is 0.868. The molecule has 1 aromatic rings. The van der Waals surface area contributed by atoms with Crippen LogP contribution in [0.5, 0.6) is 0 Å². The molecule has 1 aliphatic rings. The number of thioether (sulfide) groups is 1. The Morgan fingerprint density at radius 3 is 2.27 bits per heavy atom. The summed E-state index contributed by atoms with van der Waals surface area (Å²) in [6, 6.07) is 5.81. The van der Waals surface area contributed by atoms with Crippen molar-refractivity contribution in [1.29, 1.82) is 0 Å². The zero-order chi connectivity index (χ0) is 19.3. The predicted octanol–water partition coefficient (Wildman–Crippen LogP) is 4.40. The van der Waals surface area contributed by atoms with Crippen molar-refractivity contribution in [2.75, 3.05) is 6.54 Å². The second kappa shape index (κ2) is 8.98. The predicted molar refractivity (Wildman–Crippen MR) is 104 cm³/mol. The van der Waals surface area contributed by atoms with Crippen LogP contribution in [-0.2, 0) is 9.59 Å². The molecule has 0 aromatic heterocycles. The molecule has 26 heavy (non-hydrogen) atoms. The summed E-state index contributed by atoms with van der Waals surface area (Å²) in [5.74, 6) is -0.554. The average molecular weight is 376 g/mol. The molecule has 0 unspecified atom stereocenters. The number of carbonyl (C=O) groups is 2. The van der Waals surface area contributed by atoms with Crippen LogP contribution in [-0.4, -0.2) is 33.4 Å². The molecular formula is C19H24N2O4S. The first-order valence-electron chi connectivity index (χ1n) is 8.88. The molecule has 6 nitrogen and oxygen atoms in total. The van der Waals surface area contributed by atoms with Gasteiger partial charge in [0.15, 0.2) is 0 Å². The van der Waals surface area contributed by atoms with Crippen molar-refractivity contribution in [3.05, 3.63) is 44.8 Å². The van der Waals surface area contributed by atoms with Crippen molar-refractivity contribution in [2.24, 2.45) is 0 Å². The van der Waals surface area contributed by atoms with Crippen LogP contribution in [0.25, 0.3) is 5.57 Å². The van der Waals surface area contributed by atoms with Crippen molar-refractivity contribution in [2.45, 2.75) is 51.7 Å². The Balaban J connectivity index is 2.31. The Morgan fingerprint density at radius 1 is 1.08 bits per heavy atom. The van der Waals surface area contributed by atoms with E-state index in [0.717, 1.165) is 25.7 Å². The second-order valence-corrected chi connectivity index (χ2v) is 8.08. The summed E-state index contributed by atoms with van der Waals surface area (Å²) < 4.78 is 0. The van der Waals surface area contributed by atoms with Crippen LogP contribution in [0, 0.1) is 10.1 Å². The van der Waals surface area contributed by atoms with E-state index in [0.29, 0.717) is 22.6 Å². The molecule has 2 amide bonds. The van der Waals surface area contributed by atoms with Gasteiger partial charge in [-0.25, -0.2) is 0 Å². The summed E-state index contributed by atoms with van der Waals surface area (Å²) in [6.45, 7) is 6.45. The van der Waals surface area contributed by atoms with E-state index in [-0.39, 0.29) is 22.8 Å². The van der Waals surface area contributed by atoms with Crippen molar-refractivity contribution in [3.8, 4) is 0 Å². The fourth-order valence-electron chi connectivity index (χ4n) is 2.80. The molecule has 0 spiro atoms. The van der Waals surface area contributed by atoms with Crippen molar-refractivity contribution in [3.63, 3.8) is 0 Å². The summed E-state index contributed by atoms with van der Waals surface area (Å²) in [7, 11) is 0. The fraction of sp³-hybridized carbons (Fsp3) is 0.474. The summed E-state index contributed by atoms with van der Waals surface area (Å²) >= 11 is 1.37. The number of rotatable bonds is 9. The van der Waals surface area contributed by atoms with Crippen molar-refractivity contribution in [1.82, 2.24) is 4.90 Å². The van der Waals surface area contributed by atoms with Gasteiger partial charge in [-0.1, -0.05) is 40.0 Å². The minimum atomic E-state index is -0.483. The highest BCUT2D eigenvalue weighted by Gasteiger charge is 2.39. The molecular weight excluding hydrogens is 352 g/mol. The number of unbranched alkanes of at least 4 members (excludes halogenated alkanes) is 3. The molecule has 0 N–H and O–H groups in total. The van der Waals surface area contributed by atoms with E-state index >= 15 is 0 Å². The number of hydrogen-bond acceptors (Lipinski definition) is 5. The zero-order valence-electron chi connectivity index (χ0n) is 15.4. The van der Waals surface area contributed by atoms with Crippen LogP contribution in [0.1, 0.15) is 52.0 Å². The molecule has 0 atom stereocenters. The largest absolute Gasteiger partial charge is 0.274 e. The van der Waals surface area contributed by atoms with Crippen LogP contribution >= 0.6 is 11.8 Å². The SMILES string of the molecule is CCCCCCN1C(=O)C(SC(C)C)=C(c2ccc([N+](=O)[O-])cc2)C1=O. The second-order valence-electron chi connectivity index (χ2n) is 6.50. The van der Waals surface area contributed by atoms with E-state index in [1.54, 1.807) is 12.1 Å². The van der Waals surface area contributed by atoms with Crippen LogP contribution in [0.3, 0.4) is 0 Å². The maximum Gasteiger partial charge on any atom is 0.269 e. The number of nitro benzene ring substituents is 1. The monoisotopic (exact) mass is 376 g/mol. The third-order valence-electron chi connectivity index (χ3n) is 4.08. The van der Waals surface area contributed by atoms with E-state index in [9.17, 15) is 19.7 Å². The Labute approximate surface area is 157 Å². The average Bonchev–Trinajstić information content (AvgIpc) is 2.82. The van der Waals surface area contributed by atoms with Gasteiger partial charge in [0, 0.05) is 23.9 Å². The lowest BCUT2D eigenvalue weighted by Gasteiger charge is -2.15. The van der Waals surface area contributed by atoms with Gasteiger partial charge in [0.05, 0.1) is 15.4 Å². The zero-order valence-corrected chi connectivity index (χ0v) is 16.2. The Morgan fingerprint density at radius 2 is 1.73 bits per heavy atom. The number of amides is 2. The first kappa shape index (κ1) is 20.2. The molecule has 0 bridgehead atoms. The smallest absolute Gasteiger partial charge is 0.269 e. The number of nitrogens with zero attached hydrogens (tertiary/aromatic N) is 2. The quantitative estimate of drug-likeness (QED) is 0.276. The van der Waals surface area contributed by atoms with Gasteiger partial charge < -0.3 is 0 Å². The molecule has 1 heterocycles. The van der Waals surface area contributed by atoms with Gasteiger partial charge >= 0.3 is 0 Å². The van der Waals surface area contributed by atoms with Crippen LogP contribution in [0.15, 0.2) is 29.2 Å². The van der Waals surface area contributed by atoms with Gasteiger partial charge in [-0.15, -0.1) is 11.8 Å². The van der Waals surface area contributed by atoms with Gasteiger partial charge in [0.25, 0.3) is 17.5 Å². The number of hydrogen-bond donors (Lipinski definition) is 0. The van der Waals surface area contributed by atoms with E-state index in [1.165, 1.54) is 28.8 Å². The minimum absolute atomic E-state index is 0.0411. The molecule has 0 fully saturated rings. The van der Waals surface area contributed by atoms with Crippen LogP contribution < -0.4 is 0 Å². The standard InChI is InChI=1S/C19H24N2O4S/c1-4-5-6-7-12-20-18(22)16(17(19(20)23)26-13(2)3)14-8-10-15(11-9-14)21(24)25/h8-11,13H,4-7,12H2,1-3H3. The molecule has 7 heteroatoms. The number of benzene rings is 1. The maximum absolute atomic E-state index is 12.9. The molecule has 1 aromatic carbocycles. The maximum atomic E-state index is 12.9. The molecule has 140 valence electrons. The third-order valence-corrected chi connectivity index (χ3v) is 5.17. The highest BCUT2D eigenvalue weighted by molar-refractivity contribution is 8.04. The first-order chi connectivity index (χ1) is 12.4.